The normalized spacial score (nSPS) is 15.3. The molecule has 5 heteroatoms. The highest BCUT2D eigenvalue weighted by Gasteiger charge is 2.24. The van der Waals surface area contributed by atoms with Gasteiger partial charge in [0.1, 0.15) is 5.82 Å². The van der Waals surface area contributed by atoms with E-state index in [4.69, 9.17) is 11.6 Å². The van der Waals surface area contributed by atoms with Gasteiger partial charge >= 0.3 is 0 Å². The molecule has 1 fully saturated rings. The van der Waals surface area contributed by atoms with E-state index in [0.29, 0.717) is 22.4 Å². The number of nitrogens with zero attached hydrogens (tertiary/aromatic N) is 2. The zero-order valence-corrected chi connectivity index (χ0v) is 12.9. The lowest BCUT2D eigenvalue weighted by Crippen LogP contribution is -2.35. The molecule has 1 aliphatic rings. The van der Waals surface area contributed by atoms with Crippen molar-refractivity contribution in [2.45, 2.75) is 45.1 Å². The van der Waals surface area contributed by atoms with E-state index in [-0.39, 0.29) is 5.91 Å². The Balaban J connectivity index is 2.08. The third-order valence-corrected chi connectivity index (χ3v) is 4.11. The standard InChI is InChI=1S/C15H22ClN3O/c1-3-8-17-14-13(16)9-11(10-18-14)15(20)19(2)12-6-4-5-7-12/h9-10,12H,3-8H2,1-2H3,(H,17,18). The van der Waals surface area contributed by atoms with Crippen molar-refractivity contribution in [3.8, 4) is 0 Å². The summed E-state index contributed by atoms with van der Waals surface area (Å²) in [6.07, 6.45) is 7.22. The number of aromatic nitrogens is 1. The molecule has 0 atom stereocenters. The number of carbonyl (C=O) groups is 1. The highest BCUT2D eigenvalue weighted by molar-refractivity contribution is 6.33. The maximum Gasteiger partial charge on any atom is 0.255 e. The first-order valence-corrected chi connectivity index (χ1v) is 7.68. The van der Waals surface area contributed by atoms with E-state index in [1.54, 1.807) is 12.3 Å². The van der Waals surface area contributed by atoms with E-state index in [1.807, 2.05) is 11.9 Å². The van der Waals surface area contributed by atoms with Crippen molar-refractivity contribution in [3.63, 3.8) is 0 Å². The van der Waals surface area contributed by atoms with Crippen LogP contribution < -0.4 is 5.32 Å². The first-order valence-electron chi connectivity index (χ1n) is 7.30. The fourth-order valence-corrected chi connectivity index (χ4v) is 2.82. The molecule has 0 spiro atoms. The van der Waals surface area contributed by atoms with Crippen molar-refractivity contribution >= 4 is 23.3 Å². The summed E-state index contributed by atoms with van der Waals surface area (Å²) in [4.78, 5) is 18.5. The summed E-state index contributed by atoms with van der Waals surface area (Å²) in [5.74, 6) is 0.655. The first-order chi connectivity index (χ1) is 9.63. The Morgan fingerprint density at radius 2 is 2.20 bits per heavy atom. The van der Waals surface area contributed by atoms with Crippen LogP contribution in [0.25, 0.3) is 0 Å². The number of nitrogens with one attached hydrogen (secondary N) is 1. The lowest BCUT2D eigenvalue weighted by molar-refractivity contribution is 0.0735. The van der Waals surface area contributed by atoms with Crippen molar-refractivity contribution in [1.29, 1.82) is 0 Å². The molecule has 0 radical (unpaired) electrons. The minimum Gasteiger partial charge on any atom is -0.369 e. The van der Waals surface area contributed by atoms with Crippen molar-refractivity contribution < 1.29 is 4.79 Å². The smallest absolute Gasteiger partial charge is 0.255 e. The van der Waals surface area contributed by atoms with E-state index < -0.39 is 0 Å². The van der Waals surface area contributed by atoms with Crippen LogP contribution in [0.15, 0.2) is 12.3 Å². The van der Waals surface area contributed by atoms with Crippen LogP contribution in [-0.2, 0) is 0 Å². The van der Waals surface area contributed by atoms with E-state index >= 15 is 0 Å². The summed E-state index contributed by atoms with van der Waals surface area (Å²) >= 11 is 6.18. The van der Waals surface area contributed by atoms with Crippen LogP contribution in [0.3, 0.4) is 0 Å². The number of rotatable bonds is 5. The van der Waals surface area contributed by atoms with E-state index in [9.17, 15) is 4.79 Å². The molecule has 1 heterocycles. The third kappa shape index (κ3) is 3.42. The Kier molecular flexibility index (Phi) is 5.24. The molecule has 0 aromatic carbocycles. The topological polar surface area (TPSA) is 45.2 Å². The predicted molar refractivity (Wildman–Crippen MR) is 82.4 cm³/mol. The molecule has 110 valence electrons. The number of hydrogen-bond acceptors (Lipinski definition) is 3. The zero-order chi connectivity index (χ0) is 14.5. The van der Waals surface area contributed by atoms with Gasteiger partial charge in [0.05, 0.1) is 10.6 Å². The van der Waals surface area contributed by atoms with Crippen LogP contribution in [0.2, 0.25) is 5.02 Å². The highest BCUT2D eigenvalue weighted by Crippen LogP contribution is 2.25. The molecule has 1 aromatic rings. The molecule has 1 N–H and O–H groups in total. The van der Waals surface area contributed by atoms with Gasteiger partial charge in [0, 0.05) is 25.8 Å². The lowest BCUT2D eigenvalue weighted by Gasteiger charge is -2.24. The molecular formula is C15H22ClN3O. The number of carbonyl (C=O) groups excluding carboxylic acids is 1. The summed E-state index contributed by atoms with van der Waals surface area (Å²) < 4.78 is 0. The summed E-state index contributed by atoms with van der Waals surface area (Å²) in [7, 11) is 1.87. The van der Waals surface area contributed by atoms with Crippen LogP contribution in [0.1, 0.15) is 49.4 Å². The molecule has 1 aliphatic carbocycles. The van der Waals surface area contributed by atoms with Crippen molar-refractivity contribution in [2.75, 3.05) is 18.9 Å². The molecule has 4 nitrogen and oxygen atoms in total. The average Bonchev–Trinajstić information content (AvgIpc) is 2.98. The minimum absolute atomic E-state index is 0.00772. The third-order valence-electron chi connectivity index (χ3n) is 3.82. The van der Waals surface area contributed by atoms with Gasteiger partial charge in [-0.2, -0.15) is 0 Å². The molecule has 0 unspecified atom stereocenters. The molecular weight excluding hydrogens is 274 g/mol. The monoisotopic (exact) mass is 295 g/mol. The fourth-order valence-electron chi connectivity index (χ4n) is 2.59. The maximum absolute atomic E-state index is 12.4. The van der Waals surface area contributed by atoms with Crippen molar-refractivity contribution in [1.82, 2.24) is 9.88 Å². The largest absolute Gasteiger partial charge is 0.369 e. The van der Waals surface area contributed by atoms with Gasteiger partial charge in [0.2, 0.25) is 0 Å². The highest BCUT2D eigenvalue weighted by atomic mass is 35.5. The van der Waals surface area contributed by atoms with Gasteiger partial charge in [-0.3, -0.25) is 4.79 Å². The summed E-state index contributed by atoms with van der Waals surface area (Å²) in [5.41, 5.74) is 0.562. The van der Waals surface area contributed by atoms with Crippen molar-refractivity contribution in [2.24, 2.45) is 0 Å². The van der Waals surface area contributed by atoms with Gasteiger partial charge in [-0.15, -0.1) is 0 Å². The molecule has 1 aromatic heterocycles. The Hall–Kier alpha value is -1.29. The van der Waals surface area contributed by atoms with Crippen LogP contribution >= 0.6 is 11.6 Å². The average molecular weight is 296 g/mol. The SMILES string of the molecule is CCCNc1ncc(C(=O)N(C)C2CCCC2)cc1Cl. The number of amides is 1. The molecule has 1 saturated carbocycles. The van der Waals surface area contributed by atoms with E-state index in [0.717, 1.165) is 25.8 Å². The summed E-state index contributed by atoms with van der Waals surface area (Å²) in [5, 5.41) is 3.65. The molecule has 2 rings (SSSR count). The van der Waals surface area contributed by atoms with E-state index in [2.05, 4.69) is 17.2 Å². The Bertz CT molecular complexity index is 472. The molecule has 1 amide bonds. The van der Waals surface area contributed by atoms with Crippen LogP contribution in [0.4, 0.5) is 5.82 Å². The maximum atomic E-state index is 12.4. The number of anilines is 1. The van der Waals surface area contributed by atoms with Crippen LogP contribution in [-0.4, -0.2) is 35.4 Å². The summed E-state index contributed by atoms with van der Waals surface area (Å²) in [6, 6.07) is 2.07. The molecule has 0 bridgehead atoms. The lowest BCUT2D eigenvalue weighted by atomic mass is 10.2. The Morgan fingerprint density at radius 3 is 2.80 bits per heavy atom. The first kappa shape index (κ1) is 15.1. The second kappa shape index (κ2) is 6.93. The Morgan fingerprint density at radius 1 is 1.50 bits per heavy atom. The van der Waals surface area contributed by atoms with Gasteiger partial charge in [-0.1, -0.05) is 31.4 Å². The van der Waals surface area contributed by atoms with Crippen LogP contribution in [0, 0.1) is 0 Å². The minimum atomic E-state index is 0.00772. The zero-order valence-electron chi connectivity index (χ0n) is 12.2. The summed E-state index contributed by atoms with van der Waals surface area (Å²) in [6.45, 7) is 2.90. The number of hydrogen-bond donors (Lipinski definition) is 1. The Labute approximate surface area is 125 Å². The van der Waals surface area contributed by atoms with Gasteiger partial charge in [0.25, 0.3) is 5.91 Å². The second-order valence-corrected chi connectivity index (χ2v) is 5.74. The van der Waals surface area contributed by atoms with Gasteiger partial charge < -0.3 is 10.2 Å². The van der Waals surface area contributed by atoms with Gasteiger partial charge in [0.15, 0.2) is 0 Å². The van der Waals surface area contributed by atoms with Crippen LogP contribution in [0.5, 0.6) is 0 Å². The van der Waals surface area contributed by atoms with Gasteiger partial charge in [-0.05, 0) is 25.3 Å². The second-order valence-electron chi connectivity index (χ2n) is 5.34. The molecule has 20 heavy (non-hydrogen) atoms. The fraction of sp³-hybridized carbons (Fsp3) is 0.600. The quantitative estimate of drug-likeness (QED) is 0.903. The number of halogens is 1. The number of pyridine rings is 1. The van der Waals surface area contributed by atoms with Gasteiger partial charge in [-0.25, -0.2) is 4.98 Å². The van der Waals surface area contributed by atoms with Crippen molar-refractivity contribution in [3.05, 3.63) is 22.8 Å². The van der Waals surface area contributed by atoms with E-state index in [1.165, 1.54) is 12.8 Å². The molecule has 0 saturated heterocycles. The predicted octanol–water partition coefficient (Wildman–Crippen LogP) is 3.57. The molecule has 0 aliphatic heterocycles.